The van der Waals surface area contributed by atoms with Gasteiger partial charge in [0.2, 0.25) is 16.9 Å². The van der Waals surface area contributed by atoms with Gasteiger partial charge < -0.3 is 0 Å². The van der Waals surface area contributed by atoms with Crippen LogP contribution in [0.25, 0.3) is 32.9 Å². The third-order valence-corrected chi connectivity index (χ3v) is 4.64. The molecular formula is C20H9F7N+. The van der Waals surface area contributed by atoms with Gasteiger partial charge in [-0.05, 0) is 24.3 Å². The predicted octanol–water partition coefficient (Wildman–Crippen LogP) is 5.46. The molecule has 28 heavy (non-hydrogen) atoms. The first-order valence-corrected chi connectivity index (χ1v) is 7.94. The molecule has 0 aliphatic carbocycles. The molecule has 1 nitrogen and oxygen atoms in total. The highest BCUT2D eigenvalue weighted by atomic mass is 19.2. The van der Waals surface area contributed by atoms with Crippen molar-refractivity contribution in [2.75, 3.05) is 0 Å². The SMILES string of the molecule is C[n+]1c2ccc(F)cc2c(-c2c(F)c(F)c(F)c(F)c2F)c2cc(F)ccc21. The molecule has 0 fully saturated rings. The molecule has 0 bridgehead atoms. The summed E-state index contributed by atoms with van der Waals surface area (Å²) in [7, 11) is 1.54. The van der Waals surface area contributed by atoms with Crippen molar-refractivity contribution in [1.82, 2.24) is 0 Å². The quantitative estimate of drug-likeness (QED) is 0.132. The molecule has 0 saturated heterocycles. The first kappa shape index (κ1) is 18.2. The van der Waals surface area contributed by atoms with E-state index >= 15 is 0 Å². The second-order valence-corrected chi connectivity index (χ2v) is 6.20. The summed E-state index contributed by atoms with van der Waals surface area (Å²) in [4.78, 5) is 0. The van der Waals surface area contributed by atoms with Crippen molar-refractivity contribution in [2.24, 2.45) is 7.05 Å². The van der Waals surface area contributed by atoms with E-state index in [1.165, 1.54) is 16.7 Å². The Labute approximate surface area is 153 Å². The van der Waals surface area contributed by atoms with Crippen LogP contribution in [0.4, 0.5) is 30.7 Å². The number of aryl methyl sites for hydroxylation is 1. The fourth-order valence-corrected chi connectivity index (χ4v) is 3.37. The van der Waals surface area contributed by atoms with Gasteiger partial charge in [0.25, 0.3) is 0 Å². The van der Waals surface area contributed by atoms with Crippen LogP contribution in [-0.4, -0.2) is 0 Å². The molecule has 4 aromatic rings. The van der Waals surface area contributed by atoms with E-state index in [4.69, 9.17) is 0 Å². The first-order valence-electron chi connectivity index (χ1n) is 7.94. The average Bonchev–Trinajstić information content (AvgIpc) is 2.67. The van der Waals surface area contributed by atoms with Crippen LogP contribution in [0.5, 0.6) is 0 Å². The highest BCUT2D eigenvalue weighted by Crippen LogP contribution is 2.39. The zero-order valence-electron chi connectivity index (χ0n) is 14.1. The van der Waals surface area contributed by atoms with Gasteiger partial charge in [0, 0.05) is 17.7 Å². The maximum Gasteiger partial charge on any atom is 0.213 e. The molecule has 1 aromatic heterocycles. The van der Waals surface area contributed by atoms with Crippen LogP contribution in [-0.2, 0) is 7.05 Å². The Hall–Kier alpha value is -3.16. The van der Waals surface area contributed by atoms with Crippen molar-refractivity contribution in [2.45, 2.75) is 0 Å². The molecule has 0 saturated carbocycles. The number of hydrogen-bond donors (Lipinski definition) is 0. The molecule has 0 aliphatic rings. The molecule has 4 rings (SSSR count). The normalized spacial score (nSPS) is 11.6. The van der Waals surface area contributed by atoms with E-state index in [0.717, 1.165) is 24.3 Å². The number of hydrogen-bond acceptors (Lipinski definition) is 0. The van der Waals surface area contributed by atoms with Gasteiger partial charge in [0.15, 0.2) is 23.3 Å². The number of benzene rings is 3. The second-order valence-electron chi connectivity index (χ2n) is 6.20. The van der Waals surface area contributed by atoms with Gasteiger partial charge in [-0.15, -0.1) is 0 Å². The number of nitrogens with zero attached hydrogens (tertiary/aromatic N) is 1. The van der Waals surface area contributed by atoms with Gasteiger partial charge in [0.1, 0.15) is 18.7 Å². The van der Waals surface area contributed by atoms with Crippen molar-refractivity contribution < 1.29 is 35.3 Å². The summed E-state index contributed by atoms with van der Waals surface area (Å²) >= 11 is 0. The topological polar surface area (TPSA) is 3.88 Å². The largest absolute Gasteiger partial charge is 0.213 e. The van der Waals surface area contributed by atoms with Crippen LogP contribution >= 0.6 is 0 Å². The first-order chi connectivity index (χ1) is 13.2. The molecule has 0 atom stereocenters. The van der Waals surface area contributed by atoms with Crippen LogP contribution in [0.3, 0.4) is 0 Å². The average molecular weight is 396 g/mol. The van der Waals surface area contributed by atoms with Crippen LogP contribution in [0, 0.1) is 40.7 Å². The zero-order chi connectivity index (χ0) is 20.3. The van der Waals surface area contributed by atoms with Crippen LogP contribution < -0.4 is 4.57 Å². The minimum absolute atomic E-state index is 0.135. The lowest BCUT2D eigenvalue weighted by atomic mass is 9.94. The van der Waals surface area contributed by atoms with Gasteiger partial charge in [-0.3, -0.25) is 0 Å². The molecule has 0 unspecified atom stereocenters. The lowest BCUT2D eigenvalue weighted by molar-refractivity contribution is -0.617. The monoisotopic (exact) mass is 396 g/mol. The summed E-state index contributed by atoms with van der Waals surface area (Å²) in [5, 5.41) is -0.271. The number of aromatic nitrogens is 1. The molecule has 0 spiro atoms. The van der Waals surface area contributed by atoms with Crippen molar-refractivity contribution in [3.63, 3.8) is 0 Å². The number of pyridine rings is 1. The van der Waals surface area contributed by atoms with Crippen LogP contribution in [0.15, 0.2) is 36.4 Å². The minimum atomic E-state index is -2.31. The standard InChI is InChI=1S/C20H9F7N/c1-28-12-4-2-8(21)6-10(12)14(11-7-9(22)3-5-13(11)28)15-16(23)18(25)20(27)19(26)17(15)24/h2-7H,1H3/q+1. The van der Waals surface area contributed by atoms with Gasteiger partial charge in [-0.25, -0.2) is 30.7 Å². The summed E-state index contributed by atoms with van der Waals surface area (Å²) in [5.74, 6) is -12.4. The zero-order valence-corrected chi connectivity index (χ0v) is 14.1. The van der Waals surface area contributed by atoms with Crippen LogP contribution in [0.2, 0.25) is 0 Å². The third kappa shape index (κ3) is 2.44. The minimum Gasteiger partial charge on any atom is -0.207 e. The fraction of sp³-hybridized carbons (Fsp3) is 0.0500. The maximum atomic E-state index is 14.5. The lowest BCUT2D eigenvalue weighted by Gasteiger charge is -2.13. The van der Waals surface area contributed by atoms with Gasteiger partial charge in [-0.2, -0.15) is 4.57 Å². The summed E-state index contributed by atoms with van der Waals surface area (Å²) in [6.07, 6.45) is 0. The number of halogens is 7. The van der Waals surface area contributed by atoms with E-state index in [2.05, 4.69) is 0 Å². The maximum absolute atomic E-state index is 14.5. The van der Waals surface area contributed by atoms with Crippen molar-refractivity contribution >= 4 is 21.8 Å². The van der Waals surface area contributed by atoms with Crippen molar-refractivity contribution in [3.05, 3.63) is 77.1 Å². The smallest absolute Gasteiger partial charge is 0.207 e. The molecular weight excluding hydrogens is 387 g/mol. The van der Waals surface area contributed by atoms with E-state index in [1.54, 1.807) is 7.05 Å². The Balaban J connectivity index is 2.35. The lowest BCUT2D eigenvalue weighted by Crippen LogP contribution is -2.30. The van der Waals surface area contributed by atoms with E-state index in [0.29, 0.717) is 0 Å². The summed E-state index contributed by atoms with van der Waals surface area (Å²) < 4.78 is 99.4. The molecule has 8 heteroatoms. The Morgan fingerprint density at radius 1 is 0.536 bits per heavy atom. The Kier molecular flexibility index (Phi) is 4.02. The molecule has 0 amide bonds. The molecule has 1 heterocycles. The summed E-state index contributed by atoms with van der Waals surface area (Å²) in [5.41, 5.74) is -1.24. The van der Waals surface area contributed by atoms with Gasteiger partial charge in [0.05, 0.1) is 16.3 Å². The predicted molar refractivity (Wildman–Crippen MR) is 87.8 cm³/mol. The van der Waals surface area contributed by atoms with E-state index in [9.17, 15) is 30.7 Å². The Morgan fingerprint density at radius 2 is 0.929 bits per heavy atom. The molecule has 0 radical (unpaired) electrons. The number of fused-ring (bicyclic) bond motifs is 2. The summed E-state index contributed by atoms with van der Waals surface area (Å²) in [6.45, 7) is 0. The van der Waals surface area contributed by atoms with Crippen LogP contribution in [0.1, 0.15) is 0 Å². The highest BCUT2D eigenvalue weighted by Gasteiger charge is 2.31. The molecule has 3 aromatic carbocycles. The molecule has 142 valence electrons. The molecule has 0 aliphatic heterocycles. The van der Waals surface area contributed by atoms with E-state index in [-0.39, 0.29) is 21.8 Å². The van der Waals surface area contributed by atoms with Gasteiger partial charge >= 0.3 is 0 Å². The molecule has 0 N–H and O–H groups in total. The Morgan fingerprint density at radius 3 is 1.36 bits per heavy atom. The second kappa shape index (κ2) is 6.19. The Bertz CT molecular complexity index is 1210. The van der Waals surface area contributed by atoms with Crippen molar-refractivity contribution in [3.8, 4) is 11.1 Å². The fourth-order valence-electron chi connectivity index (χ4n) is 3.37. The van der Waals surface area contributed by atoms with Crippen molar-refractivity contribution in [1.29, 1.82) is 0 Å². The third-order valence-electron chi connectivity index (χ3n) is 4.64. The van der Waals surface area contributed by atoms with Gasteiger partial charge in [-0.1, -0.05) is 0 Å². The summed E-state index contributed by atoms with van der Waals surface area (Å²) in [6, 6.07) is 6.55. The highest BCUT2D eigenvalue weighted by molar-refractivity contribution is 6.07. The number of rotatable bonds is 1. The van der Waals surface area contributed by atoms with E-state index in [1.807, 2.05) is 0 Å². The van der Waals surface area contributed by atoms with E-state index < -0.39 is 51.8 Å².